The van der Waals surface area contributed by atoms with Crippen molar-refractivity contribution in [3.8, 4) is 17.2 Å². The van der Waals surface area contributed by atoms with E-state index in [1.807, 2.05) is 45.9 Å². The summed E-state index contributed by atoms with van der Waals surface area (Å²) in [5.41, 5.74) is 4.10. The van der Waals surface area contributed by atoms with E-state index in [4.69, 9.17) is 23.7 Å². The molecule has 8 N–H and O–H groups in total. The van der Waals surface area contributed by atoms with Crippen LogP contribution in [0.15, 0.2) is 53.6 Å². The molecule has 14 nitrogen and oxygen atoms in total. The highest BCUT2D eigenvalue weighted by Gasteiger charge is 2.46. The quantitative estimate of drug-likeness (QED) is 0.151. The van der Waals surface area contributed by atoms with Crippen molar-refractivity contribution in [2.24, 2.45) is 0 Å². The average Bonchev–Trinajstić information content (AvgIpc) is 3.10. The second-order valence-corrected chi connectivity index (χ2v) is 13.6. The van der Waals surface area contributed by atoms with Crippen LogP contribution in [0, 0.1) is 0 Å². The molecule has 0 unspecified atom stereocenters. The second kappa shape index (κ2) is 16.5. The van der Waals surface area contributed by atoms with E-state index in [1.54, 1.807) is 24.3 Å². The van der Waals surface area contributed by atoms with Crippen molar-refractivity contribution in [1.82, 2.24) is 0 Å². The van der Waals surface area contributed by atoms with E-state index in [1.165, 1.54) is 0 Å². The van der Waals surface area contributed by atoms with Crippen molar-refractivity contribution in [2.45, 2.75) is 114 Å². The second-order valence-electron chi connectivity index (χ2n) is 13.6. The molecule has 2 saturated heterocycles. The lowest BCUT2D eigenvalue weighted by Gasteiger charge is -2.40. The van der Waals surface area contributed by atoms with Gasteiger partial charge in [-0.25, -0.2) is 0 Å². The number of carbonyl (C=O) groups is 1. The van der Waals surface area contributed by atoms with Gasteiger partial charge in [0, 0.05) is 5.56 Å². The Bertz CT molecular complexity index is 1590. The average molecular weight is 717 g/mol. The summed E-state index contributed by atoms with van der Waals surface area (Å²) in [6.07, 6.45) is -11.0. The molecule has 3 aliphatic rings. The lowest BCUT2D eigenvalue weighted by molar-refractivity contribution is -0.277. The summed E-state index contributed by atoms with van der Waals surface area (Å²) < 4.78 is 29.8. The molecule has 2 aromatic rings. The van der Waals surface area contributed by atoms with E-state index in [-0.39, 0.29) is 30.1 Å². The Labute approximate surface area is 295 Å². The number of ether oxygens (including phenoxy) is 5. The number of hydrogen-bond donors (Lipinski definition) is 8. The molecule has 0 aliphatic carbocycles. The maximum absolute atomic E-state index is 13.6. The Morgan fingerprint density at radius 2 is 1.25 bits per heavy atom. The van der Waals surface area contributed by atoms with E-state index in [2.05, 4.69) is 0 Å². The molecular formula is C37H48O14. The summed E-state index contributed by atoms with van der Waals surface area (Å²) >= 11 is 0. The van der Waals surface area contributed by atoms with Crippen molar-refractivity contribution in [3.63, 3.8) is 0 Å². The molecule has 0 amide bonds. The van der Waals surface area contributed by atoms with E-state index >= 15 is 0 Å². The van der Waals surface area contributed by atoms with Crippen LogP contribution in [0.25, 0.3) is 0 Å². The normalized spacial score (nSPS) is 32.0. The predicted octanol–water partition coefficient (Wildman–Crippen LogP) is 0.768. The zero-order chi connectivity index (χ0) is 37.1. The number of benzene rings is 2. The number of aliphatic hydroxyl groups excluding tert-OH is 8. The van der Waals surface area contributed by atoms with Crippen LogP contribution >= 0.6 is 0 Å². The Morgan fingerprint density at radius 3 is 1.80 bits per heavy atom. The van der Waals surface area contributed by atoms with Crippen molar-refractivity contribution in [3.05, 3.63) is 75.9 Å². The number of ketones is 1. The highest BCUT2D eigenvalue weighted by atomic mass is 16.7. The first-order valence-corrected chi connectivity index (χ1v) is 16.9. The van der Waals surface area contributed by atoms with Gasteiger partial charge in [0.25, 0.3) is 0 Å². The summed E-state index contributed by atoms with van der Waals surface area (Å²) in [6.45, 7) is 6.45. The molecule has 2 fully saturated rings. The maximum Gasteiger partial charge on any atom is 0.229 e. The highest BCUT2D eigenvalue weighted by molar-refractivity contribution is 6.00. The van der Waals surface area contributed by atoms with Gasteiger partial charge >= 0.3 is 0 Å². The minimum absolute atomic E-state index is 0.0109. The minimum atomic E-state index is -1.65. The van der Waals surface area contributed by atoms with Crippen LogP contribution in [0.4, 0.5) is 0 Å². The number of carbonyl (C=O) groups excluding carboxylic acids is 1. The third kappa shape index (κ3) is 8.47. The Balaban J connectivity index is 1.48. The first-order chi connectivity index (χ1) is 24.2. The molecule has 0 aromatic heterocycles. The van der Waals surface area contributed by atoms with Gasteiger partial charge < -0.3 is 64.5 Å². The van der Waals surface area contributed by atoms with Gasteiger partial charge in [0.1, 0.15) is 72.2 Å². The van der Waals surface area contributed by atoms with Crippen LogP contribution < -0.4 is 14.2 Å². The van der Waals surface area contributed by atoms with E-state index in [0.717, 1.165) is 11.1 Å². The maximum atomic E-state index is 13.6. The molecule has 3 heterocycles. The zero-order valence-corrected chi connectivity index (χ0v) is 29.0. The van der Waals surface area contributed by atoms with Crippen LogP contribution in [0.5, 0.6) is 17.2 Å². The summed E-state index contributed by atoms with van der Waals surface area (Å²) in [5.74, 6) is 0.592. The summed E-state index contributed by atoms with van der Waals surface area (Å²) in [7, 11) is 0. The van der Waals surface area contributed by atoms with Crippen LogP contribution in [0.3, 0.4) is 0 Å². The molecule has 3 aliphatic heterocycles. The molecule has 2 aromatic carbocycles. The molecule has 280 valence electrons. The van der Waals surface area contributed by atoms with Gasteiger partial charge in [-0.1, -0.05) is 29.4 Å². The predicted molar refractivity (Wildman–Crippen MR) is 180 cm³/mol. The highest BCUT2D eigenvalue weighted by Crippen LogP contribution is 2.43. The molecule has 51 heavy (non-hydrogen) atoms. The van der Waals surface area contributed by atoms with Gasteiger partial charge in [0.2, 0.25) is 12.6 Å². The van der Waals surface area contributed by atoms with Crippen LogP contribution in [0.1, 0.15) is 67.3 Å². The molecule has 0 bridgehead atoms. The lowest BCUT2D eigenvalue weighted by Crippen LogP contribution is -2.60. The van der Waals surface area contributed by atoms with Gasteiger partial charge in [0.15, 0.2) is 5.78 Å². The third-order valence-corrected chi connectivity index (χ3v) is 9.23. The Hall–Kier alpha value is -3.41. The first kappa shape index (κ1) is 38.8. The van der Waals surface area contributed by atoms with Crippen molar-refractivity contribution in [2.75, 3.05) is 13.2 Å². The number of hydrogen-bond acceptors (Lipinski definition) is 14. The topological polar surface area (TPSA) is 225 Å². The van der Waals surface area contributed by atoms with E-state index < -0.39 is 80.7 Å². The van der Waals surface area contributed by atoms with Crippen molar-refractivity contribution < 1.29 is 69.3 Å². The van der Waals surface area contributed by atoms with Gasteiger partial charge in [0.05, 0.1) is 25.2 Å². The first-order valence-electron chi connectivity index (χ1n) is 16.9. The van der Waals surface area contributed by atoms with Gasteiger partial charge in [-0.15, -0.1) is 0 Å². The minimum Gasteiger partial charge on any atom is -0.484 e. The fourth-order valence-corrected chi connectivity index (χ4v) is 6.19. The summed E-state index contributed by atoms with van der Waals surface area (Å²) in [6, 6.07) is 8.26. The number of allylic oxidation sites excluding steroid dienone is 4. The SMILES string of the molecule is CC(C)=CCc1cc([C@@H]2CC(=O)c3ccc(O[C@@H]4O[C@H](CO)[C@@H](O)[C@H](O)[C@H]4O)c(CC=C(C)C)c3O2)ccc1O[C@@H]1O[C@H](CO)[C@@H](O)[C@H](O)[C@H]1O. The van der Waals surface area contributed by atoms with Crippen molar-refractivity contribution >= 4 is 5.78 Å². The standard InChI is InChI=1S/C37H48O14/c1-17(2)5-7-19-13-20(8-11-24(19)48-36-33(45)31(43)29(41)27(15-38)50-36)26-14-23(40)21-10-12-25(22(35(21)47-26)9-6-18(3)4)49-37-34(46)32(44)30(42)28(16-39)51-37/h5-6,8,10-13,26-34,36-39,41-46H,7,9,14-16H2,1-4H3/t26-,27+,28+,29+,30+,31-,32-,33+,34+,36+,37+/m0/s1. The lowest BCUT2D eigenvalue weighted by atomic mass is 9.92. The van der Waals surface area contributed by atoms with Gasteiger partial charge in [-0.2, -0.15) is 0 Å². The Morgan fingerprint density at radius 1 is 0.725 bits per heavy atom. The summed E-state index contributed by atoms with van der Waals surface area (Å²) in [5, 5.41) is 81.5. The third-order valence-electron chi connectivity index (χ3n) is 9.23. The number of aliphatic hydroxyl groups is 8. The van der Waals surface area contributed by atoms with Crippen LogP contribution in [-0.4, -0.2) is 121 Å². The van der Waals surface area contributed by atoms with Crippen LogP contribution in [-0.2, 0) is 22.3 Å². The van der Waals surface area contributed by atoms with Gasteiger partial charge in [-0.05, 0) is 75.9 Å². The molecular weight excluding hydrogens is 668 g/mol. The fourth-order valence-electron chi connectivity index (χ4n) is 6.19. The number of Topliss-reactive ketones (excluding diaryl/α,β-unsaturated/α-hetero) is 1. The molecule has 14 heteroatoms. The Kier molecular flexibility index (Phi) is 12.6. The number of fused-ring (bicyclic) bond motifs is 1. The van der Waals surface area contributed by atoms with Crippen LogP contribution in [0.2, 0.25) is 0 Å². The van der Waals surface area contributed by atoms with Crippen molar-refractivity contribution in [1.29, 1.82) is 0 Å². The molecule has 11 atom stereocenters. The fraction of sp³-hybridized carbons (Fsp3) is 0.541. The molecule has 0 saturated carbocycles. The monoisotopic (exact) mass is 716 g/mol. The van der Waals surface area contributed by atoms with Gasteiger partial charge in [-0.3, -0.25) is 4.79 Å². The largest absolute Gasteiger partial charge is 0.484 e. The smallest absolute Gasteiger partial charge is 0.229 e. The molecule has 0 spiro atoms. The van der Waals surface area contributed by atoms with E-state index in [0.29, 0.717) is 34.4 Å². The number of rotatable bonds is 11. The van der Waals surface area contributed by atoms with E-state index in [9.17, 15) is 45.6 Å². The molecule has 5 rings (SSSR count). The summed E-state index contributed by atoms with van der Waals surface area (Å²) in [4.78, 5) is 13.6. The molecule has 0 radical (unpaired) electrons. The zero-order valence-electron chi connectivity index (χ0n) is 29.0.